The van der Waals surface area contributed by atoms with Gasteiger partial charge in [0.1, 0.15) is 5.75 Å². The Balaban J connectivity index is 1.51. The average Bonchev–Trinajstić information content (AvgIpc) is 3.17. The van der Waals surface area contributed by atoms with Crippen molar-refractivity contribution in [1.82, 2.24) is 15.3 Å². The number of nitrogens with zero attached hydrogens (tertiary/aromatic N) is 3. The fourth-order valence-electron chi connectivity index (χ4n) is 8.62. The number of rotatable bonds is 2. The zero-order chi connectivity index (χ0) is 21.5. The lowest BCUT2D eigenvalue weighted by molar-refractivity contribution is -0.0436. The molecular weight excluding hydrogens is 384 g/mol. The van der Waals surface area contributed by atoms with Gasteiger partial charge in [0.25, 0.3) is 0 Å². The van der Waals surface area contributed by atoms with E-state index >= 15 is 0 Å². The van der Waals surface area contributed by atoms with E-state index in [1.807, 2.05) is 6.07 Å². The molecule has 3 aliphatic carbocycles. The first kappa shape index (κ1) is 19.5. The van der Waals surface area contributed by atoms with Crippen LogP contribution in [0.25, 0.3) is 0 Å². The van der Waals surface area contributed by atoms with E-state index in [9.17, 15) is 5.11 Å². The van der Waals surface area contributed by atoms with Crippen LogP contribution in [0.15, 0.2) is 24.3 Å². The van der Waals surface area contributed by atoms with E-state index in [2.05, 4.69) is 56.2 Å². The highest BCUT2D eigenvalue weighted by atomic mass is 16.3. The summed E-state index contributed by atoms with van der Waals surface area (Å²) in [4.78, 5) is 12.0. The standard InChI is InChI=1S/C26H34N4O/c1-15-11-16(2)29-24(28-15)30(4)23-8-10-25-9-7-21(23)26(25)19(14-27-17(25)3)12-18-5-6-20(31)13-22(18)26/h5-6,11,13,17,19,21,23,27,31H,7-10,12,14H2,1-4H3. The highest BCUT2D eigenvalue weighted by Crippen LogP contribution is 2.73. The molecule has 5 nitrogen and oxygen atoms in total. The number of nitrogens with one attached hydrogen (secondary N) is 1. The lowest BCUT2D eigenvalue weighted by Crippen LogP contribution is -2.68. The SMILES string of the molecule is Cc1cc(C)nc(N(C)C2CCC34CCC2C32c3cc(O)ccc3CC2CNC4C)n1. The van der Waals surface area contributed by atoms with Crippen LogP contribution >= 0.6 is 0 Å². The first-order chi connectivity index (χ1) is 14.9. The molecule has 1 aliphatic heterocycles. The maximum atomic E-state index is 10.5. The number of hydrogen-bond donors (Lipinski definition) is 2. The minimum Gasteiger partial charge on any atom is -0.508 e. The number of benzene rings is 1. The van der Waals surface area contributed by atoms with Gasteiger partial charge in [-0.15, -0.1) is 0 Å². The second kappa shape index (κ2) is 6.44. The zero-order valence-electron chi connectivity index (χ0n) is 19.2. The number of phenols is 1. The molecule has 2 aromatic rings. The fraction of sp³-hybridized carbons (Fsp3) is 0.615. The molecule has 0 radical (unpaired) electrons. The summed E-state index contributed by atoms with van der Waals surface area (Å²) in [7, 11) is 2.21. The molecule has 6 atom stereocenters. The molecule has 1 aromatic heterocycles. The Morgan fingerprint density at radius 3 is 2.61 bits per heavy atom. The number of aromatic nitrogens is 2. The maximum Gasteiger partial charge on any atom is 0.225 e. The summed E-state index contributed by atoms with van der Waals surface area (Å²) < 4.78 is 0. The van der Waals surface area contributed by atoms with Crippen molar-refractivity contribution in [3.63, 3.8) is 0 Å². The number of hydrogen-bond acceptors (Lipinski definition) is 5. The number of aryl methyl sites for hydroxylation is 2. The van der Waals surface area contributed by atoms with E-state index in [1.54, 1.807) is 0 Å². The molecule has 6 unspecified atom stereocenters. The molecule has 1 spiro atoms. The number of fused-ring (bicyclic) bond motifs is 1. The van der Waals surface area contributed by atoms with Crippen LogP contribution < -0.4 is 10.2 Å². The summed E-state index contributed by atoms with van der Waals surface area (Å²) in [6, 6.07) is 9.18. The minimum atomic E-state index is 0.141. The maximum absolute atomic E-state index is 10.5. The highest BCUT2D eigenvalue weighted by Gasteiger charge is 2.72. The largest absolute Gasteiger partial charge is 0.508 e. The topological polar surface area (TPSA) is 61.3 Å². The van der Waals surface area contributed by atoms with Gasteiger partial charge in [-0.3, -0.25) is 0 Å². The van der Waals surface area contributed by atoms with Crippen molar-refractivity contribution in [2.45, 2.75) is 70.4 Å². The molecule has 2 N–H and O–H groups in total. The summed E-state index contributed by atoms with van der Waals surface area (Å²) in [6.45, 7) is 7.61. The van der Waals surface area contributed by atoms with E-state index in [0.717, 1.165) is 30.3 Å². The van der Waals surface area contributed by atoms with Gasteiger partial charge in [-0.2, -0.15) is 0 Å². The lowest BCUT2D eigenvalue weighted by Gasteiger charge is -2.62. The van der Waals surface area contributed by atoms with Crippen LogP contribution in [0.1, 0.15) is 55.1 Å². The molecule has 164 valence electrons. The van der Waals surface area contributed by atoms with E-state index in [0.29, 0.717) is 29.7 Å². The average molecular weight is 419 g/mol. The van der Waals surface area contributed by atoms with E-state index in [-0.39, 0.29) is 10.8 Å². The monoisotopic (exact) mass is 418 g/mol. The third-order valence-electron chi connectivity index (χ3n) is 9.59. The first-order valence-electron chi connectivity index (χ1n) is 12.0. The molecule has 4 aliphatic rings. The Kier molecular flexibility index (Phi) is 4.06. The van der Waals surface area contributed by atoms with Crippen LogP contribution in [0, 0.1) is 31.1 Å². The first-order valence-corrected chi connectivity index (χ1v) is 12.0. The van der Waals surface area contributed by atoms with Crippen LogP contribution in [-0.4, -0.2) is 40.8 Å². The van der Waals surface area contributed by atoms with Gasteiger partial charge in [-0.05, 0) is 106 Å². The summed E-state index contributed by atoms with van der Waals surface area (Å²) in [5.41, 5.74) is 5.40. The molecule has 31 heavy (non-hydrogen) atoms. The van der Waals surface area contributed by atoms with Crippen molar-refractivity contribution < 1.29 is 5.11 Å². The summed E-state index contributed by atoms with van der Waals surface area (Å²) in [6.07, 6.45) is 6.06. The van der Waals surface area contributed by atoms with Crippen molar-refractivity contribution in [3.05, 3.63) is 46.8 Å². The Morgan fingerprint density at radius 1 is 1.10 bits per heavy atom. The molecule has 1 saturated heterocycles. The quantitative estimate of drug-likeness (QED) is 0.775. The second-order valence-corrected chi connectivity index (χ2v) is 10.7. The van der Waals surface area contributed by atoms with Crippen molar-refractivity contribution >= 4 is 5.95 Å². The van der Waals surface area contributed by atoms with Gasteiger partial charge in [0.2, 0.25) is 5.95 Å². The van der Waals surface area contributed by atoms with Crippen LogP contribution in [0.3, 0.4) is 0 Å². The molecule has 3 fully saturated rings. The predicted molar refractivity (Wildman–Crippen MR) is 123 cm³/mol. The minimum absolute atomic E-state index is 0.141. The van der Waals surface area contributed by atoms with Crippen LogP contribution in [0.4, 0.5) is 5.95 Å². The van der Waals surface area contributed by atoms with Crippen molar-refractivity contribution in [2.24, 2.45) is 17.3 Å². The Hall–Kier alpha value is -2.14. The summed E-state index contributed by atoms with van der Waals surface area (Å²) >= 11 is 0. The summed E-state index contributed by atoms with van der Waals surface area (Å²) in [5, 5.41) is 14.4. The number of piperidine rings is 1. The Labute approximate surface area is 185 Å². The van der Waals surface area contributed by atoms with Crippen molar-refractivity contribution in [3.8, 4) is 5.75 Å². The number of anilines is 1. The molecule has 0 amide bonds. The fourth-order valence-corrected chi connectivity index (χ4v) is 8.62. The lowest BCUT2D eigenvalue weighted by atomic mass is 9.46. The summed E-state index contributed by atoms with van der Waals surface area (Å²) in [5.74, 6) is 2.45. The third-order valence-corrected chi connectivity index (χ3v) is 9.59. The molecule has 5 heteroatoms. The van der Waals surface area contributed by atoms with Gasteiger partial charge in [-0.25, -0.2) is 9.97 Å². The van der Waals surface area contributed by atoms with Crippen LogP contribution in [0.5, 0.6) is 5.75 Å². The van der Waals surface area contributed by atoms with Crippen LogP contribution in [0.2, 0.25) is 0 Å². The van der Waals surface area contributed by atoms with Crippen molar-refractivity contribution in [2.75, 3.05) is 18.5 Å². The van der Waals surface area contributed by atoms with Crippen molar-refractivity contribution in [1.29, 1.82) is 0 Å². The van der Waals surface area contributed by atoms with Gasteiger partial charge in [-0.1, -0.05) is 6.07 Å². The number of aromatic hydroxyl groups is 1. The van der Waals surface area contributed by atoms with Gasteiger partial charge in [0.15, 0.2) is 0 Å². The molecule has 2 heterocycles. The van der Waals surface area contributed by atoms with Gasteiger partial charge < -0.3 is 15.3 Å². The molecule has 2 saturated carbocycles. The number of phenolic OH excluding ortho intramolecular Hbond substituents is 1. The Bertz CT molecular complexity index is 1030. The zero-order valence-corrected chi connectivity index (χ0v) is 19.2. The normalized spacial score (nSPS) is 37.8. The molecule has 1 aromatic carbocycles. The van der Waals surface area contributed by atoms with E-state index < -0.39 is 0 Å². The Morgan fingerprint density at radius 2 is 1.84 bits per heavy atom. The van der Waals surface area contributed by atoms with E-state index in [1.165, 1.54) is 36.8 Å². The van der Waals surface area contributed by atoms with Gasteiger partial charge in [0, 0.05) is 35.9 Å². The molecular formula is C26H34N4O. The van der Waals surface area contributed by atoms with Crippen LogP contribution in [-0.2, 0) is 11.8 Å². The van der Waals surface area contributed by atoms with Gasteiger partial charge in [0.05, 0.1) is 0 Å². The van der Waals surface area contributed by atoms with E-state index in [4.69, 9.17) is 9.97 Å². The third kappa shape index (κ3) is 2.36. The smallest absolute Gasteiger partial charge is 0.225 e. The van der Waals surface area contributed by atoms with Gasteiger partial charge >= 0.3 is 0 Å². The molecule has 2 bridgehead atoms. The molecule has 6 rings (SSSR count). The predicted octanol–water partition coefficient (Wildman–Crippen LogP) is 3.90. The highest BCUT2D eigenvalue weighted by molar-refractivity contribution is 5.52. The second-order valence-electron chi connectivity index (χ2n) is 10.7.